The third-order valence-corrected chi connectivity index (χ3v) is 4.88. The average Bonchev–Trinajstić information content (AvgIpc) is 2.41. The highest BCUT2D eigenvalue weighted by atomic mass is 32.2. The lowest BCUT2D eigenvalue weighted by atomic mass is 10.3. The summed E-state index contributed by atoms with van der Waals surface area (Å²) in [6.45, 7) is 2.36. The summed E-state index contributed by atoms with van der Waals surface area (Å²) in [6.07, 6.45) is -0.0469. The van der Waals surface area contributed by atoms with Gasteiger partial charge in [-0.2, -0.15) is 4.31 Å². The van der Waals surface area contributed by atoms with E-state index in [4.69, 9.17) is 5.11 Å². The molecular formula is C12H22N2O7S. The summed E-state index contributed by atoms with van der Waals surface area (Å²) in [5.41, 5.74) is 0. The van der Waals surface area contributed by atoms with E-state index in [1.165, 1.54) is 21.0 Å². The van der Waals surface area contributed by atoms with Crippen molar-refractivity contribution in [1.82, 2.24) is 9.62 Å². The first kappa shape index (κ1) is 20.3. The van der Waals surface area contributed by atoms with Gasteiger partial charge in [0, 0.05) is 26.4 Å². The minimum absolute atomic E-state index is 0.00316. The van der Waals surface area contributed by atoms with Crippen LogP contribution in [0.1, 0.15) is 26.7 Å². The summed E-state index contributed by atoms with van der Waals surface area (Å²) >= 11 is 0. The smallest absolute Gasteiger partial charge is 0.321 e. The summed E-state index contributed by atoms with van der Waals surface area (Å²) in [7, 11) is -2.68. The molecule has 0 saturated heterocycles. The summed E-state index contributed by atoms with van der Waals surface area (Å²) in [5.74, 6) is -2.54. The topological polar surface area (TPSA) is 130 Å². The Morgan fingerprint density at radius 3 is 2.36 bits per heavy atom. The molecule has 0 aromatic heterocycles. The molecule has 0 rings (SSSR count). The lowest BCUT2D eigenvalue weighted by Gasteiger charge is -2.25. The normalized spacial score (nSPS) is 12.7. The number of methoxy groups -OCH3 is 1. The lowest BCUT2D eigenvalue weighted by molar-refractivity contribution is -0.141. The van der Waals surface area contributed by atoms with Gasteiger partial charge in [-0.3, -0.25) is 14.4 Å². The SMILES string of the molecule is COC(=O)CCCS(=O)(=O)N(CCNC(C)=O)C(C)C(=O)O. The number of nitrogens with one attached hydrogen (secondary N) is 1. The number of hydrogen-bond donors (Lipinski definition) is 2. The van der Waals surface area contributed by atoms with E-state index in [9.17, 15) is 22.8 Å². The standard InChI is InChI=1S/C12H22N2O7S/c1-9(12(17)18)14(7-6-13-10(2)15)22(19,20)8-4-5-11(16)21-3/h9H,4-8H2,1-3H3,(H,13,15)(H,17,18). The fraction of sp³-hybridized carbons (Fsp3) is 0.750. The van der Waals surface area contributed by atoms with Gasteiger partial charge in [0.1, 0.15) is 6.04 Å². The molecule has 128 valence electrons. The molecule has 10 heteroatoms. The van der Waals surface area contributed by atoms with Gasteiger partial charge in [0.25, 0.3) is 0 Å². The predicted molar refractivity (Wildman–Crippen MR) is 77.5 cm³/mol. The molecule has 1 atom stereocenters. The highest BCUT2D eigenvalue weighted by Gasteiger charge is 2.31. The monoisotopic (exact) mass is 338 g/mol. The Kier molecular flexibility index (Phi) is 8.65. The number of carbonyl (C=O) groups excluding carboxylic acids is 2. The summed E-state index contributed by atoms with van der Waals surface area (Å²) in [5, 5.41) is 11.4. The van der Waals surface area contributed by atoms with Crippen molar-refractivity contribution in [3.63, 3.8) is 0 Å². The quantitative estimate of drug-likeness (QED) is 0.498. The first-order valence-electron chi connectivity index (χ1n) is 6.65. The molecule has 0 aliphatic heterocycles. The second-order valence-electron chi connectivity index (χ2n) is 4.60. The van der Waals surface area contributed by atoms with Crippen LogP contribution >= 0.6 is 0 Å². The summed E-state index contributed by atoms with van der Waals surface area (Å²) < 4.78 is 29.7. The van der Waals surface area contributed by atoms with Gasteiger partial charge in [-0.15, -0.1) is 0 Å². The van der Waals surface area contributed by atoms with Crippen molar-refractivity contribution in [3.05, 3.63) is 0 Å². The molecule has 0 heterocycles. The molecule has 0 aromatic rings. The van der Waals surface area contributed by atoms with Gasteiger partial charge >= 0.3 is 11.9 Å². The maximum Gasteiger partial charge on any atom is 0.321 e. The minimum atomic E-state index is -3.88. The van der Waals surface area contributed by atoms with E-state index in [1.54, 1.807) is 0 Å². The number of aliphatic carboxylic acids is 1. The third kappa shape index (κ3) is 7.36. The summed E-state index contributed by atoms with van der Waals surface area (Å²) in [6, 6.07) is -1.27. The van der Waals surface area contributed by atoms with Crippen molar-refractivity contribution in [3.8, 4) is 0 Å². The first-order chi connectivity index (χ1) is 10.1. The first-order valence-corrected chi connectivity index (χ1v) is 8.26. The van der Waals surface area contributed by atoms with E-state index in [1.807, 2.05) is 0 Å². The molecule has 0 spiro atoms. The van der Waals surface area contributed by atoms with Gasteiger partial charge in [-0.05, 0) is 13.3 Å². The van der Waals surface area contributed by atoms with Gasteiger partial charge in [0.15, 0.2) is 0 Å². The van der Waals surface area contributed by atoms with Crippen LogP contribution in [0.4, 0.5) is 0 Å². The Bertz CT molecular complexity index is 504. The number of carboxylic acids is 1. The van der Waals surface area contributed by atoms with Crippen LogP contribution in [-0.2, 0) is 29.1 Å². The van der Waals surface area contributed by atoms with Gasteiger partial charge in [0.2, 0.25) is 15.9 Å². The molecule has 1 amide bonds. The molecule has 1 unspecified atom stereocenters. The van der Waals surface area contributed by atoms with E-state index in [2.05, 4.69) is 10.1 Å². The molecular weight excluding hydrogens is 316 g/mol. The number of amides is 1. The van der Waals surface area contributed by atoms with Gasteiger partial charge in [0.05, 0.1) is 12.9 Å². The fourth-order valence-electron chi connectivity index (χ4n) is 1.66. The van der Waals surface area contributed by atoms with E-state index >= 15 is 0 Å². The number of carboxylic acid groups (broad SMARTS) is 1. The van der Waals surface area contributed by atoms with Crippen LogP contribution in [0.5, 0.6) is 0 Å². The third-order valence-electron chi connectivity index (χ3n) is 2.86. The number of carbonyl (C=O) groups is 3. The van der Waals surface area contributed by atoms with Gasteiger partial charge in [-0.1, -0.05) is 0 Å². The van der Waals surface area contributed by atoms with Gasteiger partial charge < -0.3 is 15.2 Å². The van der Waals surface area contributed by atoms with Crippen LogP contribution < -0.4 is 5.32 Å². The molecule has 0 bridgehead atoms. The van der Waals surface area contributed by atoms with E-state index < -0.39 is 28.0 Å². The molecule has 2 N–H and O–H groups in total. The second-order valence-corrected chi connectivity index (χ2v) is 6.64. The van der Waals surface area contributed by atoms with E-state index in [-0.39, 0.29) is 37.6 Å². The molecule has 0 aliphatic rings. The number of rotatable bonds is 10. The zero-order valence-corrected chi connectivity index (χ0v) is 13.7. The minimum Gasteiger partial charge on any atom is -0.480 e. The molecule has 0 radical (unpaired) electrons. The highest BCUT2D eigenvalue weighted by Crippen LogP contribution is 2.10. The lowest BCUT2D eigenvalue weighted by Crippen LogP contribution is -2.47. The van der Waals surface area contributed by atoms with Crippen molar-refractivity contribution < 1.29 is 32.6 Å². The Morgan fingerprint density at radius 1 is 1.32 bits per heavy atom. The molecule has 22 heavy (non-hydrogen) atoms. The Labute approximate surface area is 129 Å². The van der Waals surface area contributed by atoms with E-state index in [0.29, 0.717) is 0 Å². The Morgan fingerprint density at radius 2 is 1.91 bits per heavy atom. The fourth-order valence-corrected chi connectivity index (χ4v) is 3.34. The van der Waals surface area contributed by atoms with Crippen LogP contribution in [0.3, 0.4) is 0 Å². The molecule has 0 aliphatic carbocycles. The molecule has 0 saturated carbocycles. The summed E-state index contributed by atoms with van der Waals surface area (Å²) in [4.78, 5) is 32.8. The highest BCUT2D eigenvalue weighted by molar-refractivity contribution is 7.89. The van der Waals surface area contributed by atoms with Crippen molar-refractivity contribution in [2.45, 2.75) is 32.7 Å². The maximum atomic E-state index is 12.2. The van der Waals surface area contributed by atoms with Crippen LogP contribution in [-0.4, -0.2) is 67.7 Å². The average molecular weight is 338 g/mol. The largest absolute Gasteiger partial charge is 0.480 e. The predicted octanol–water partition coefficient (Wildman–Crippen LogP) is -0.819. The Balaban J connectivity index is 4.84. The number of esters is 1. The van der Waals surface area contributed by atoms with Crippen molar-refractivity contribution in [2.75, 3.05) is 26.0 Å². The van der Waals surface area contributed by atoms with E-state index in [0.717, 1.165) is 4.31 Å². The molecule has 9 nitrogen and oxygen atoms in total. The van der Waals surface area contributed by atoms with Crippen molar-refractivity contribution >= 4 is 27.9 Å². The number of ether oxygens (including phenoxy) is 1. The second kappa shape index (κ2) is 9.36. The van der Waals surface area contributed by atoms with Crippen LogP contribution in [0.15, 0.2) is 0 Å². The van der Waals surface area contributed by atoms with Crippen LogP contribution in [0, 0.1) is 0 Å². The van der Waals surface area contributed by atoms with Crippen LogP contribution in [0.25, 0.3) is 0 Å². The van der Waals surface area contributed by atoms with Crippen molar-refractivity contribution in [1.29, 1.82) is 0 Å². The zero-order valence-electron chi connectivity index (χ0n) is 12.9. The molecule has 0 fully saturated rings. The maximum absolute atomic E-state index is 12.2. The molecule has 0 aromatic carbocycles. The number of sulfonamides is 1. The number of nitrogens with zero attached hydrogens (tertiary/aromatic N) is 1. The van der Waals surface area contributed by atoms with Gasteiger partial charge in [-0.25, -0.2) is 8.42 Å². The zero-order chi connectivity index (χ0) is 17.3. The number of hydrogen-bond acceptors (Lipinski definition) is 6. The van der Waals surface area contributed by atoms with Crippen molar-refractivity contribution in [2.24, 2.45) is 0 Å². The Hall–Kier alpha value is -1.68. The van der Waals surface area contributed by atoms with Crippen LogP contribution in [0.2, 0.25) is 0 Å².